The largest absolute Gasteiger partial charge is 0.465 e. The van der Waals surface area contributed by atoms with E-state index in [0.29, 0.717) is 0 Å². The number of esters is 3. The van der Waals surface area contributed by atoms with Crippen LogP contribution < -0.4 is 5.32 Å². The van der Waals surface area contributed by atoms with Gasteiger partial charge in [-0.1, -0.05) is 6.07 Å². The molecule has 0 radical (unpaired) electrons. The molecule has 0 bridgehead atoms. The fourth-order valence-electron chi connectivity index (χ4n) is 2.12. The fraction of sp³-hybridized carbons (Fsp3) is 0.222. The van der Waals surface area contributed by atoms with Crippen LogP contribution in [0, 0.1) is 0 Å². The first-order valence-corrected chi connectivity index (χ1v) is 8.60. The Kier molecular flexibility index (Phi) is 7.07. The number of benzene rings is 1. The molecule has 1 aromatic heterocycles. The molecule has 0 aliphatic heterocycles. The average Bonchev–Trinajstić information content (AvgIpc) is 3.17. The number of carbonyl (C=O) groups is 4. The number of thiophene rings is 1. The Morgan fingerprint density at radius 2 is 1.63 bits per heavy atom. The number of methoxy groups -OCH3 is 2. The lowest BCUT2D eigenvalue weighted by Gasteiger charge is -2.10. The Balaban J connectivity index is 2.01. The first-order chi connectivity index (χ1) is 12.9. The average molecular weight is 391 g/mol. The van der Waals surface area contributed by atoms with Gasteiger partial charge in [0.1, 0.15) is 0 Å². The summed E-state index contributed by atoms with van der Waals surface area (Å²) in [5.74, 6) is -2.52. The predicted molar refractivity (Wildman–Crippen MR) is 96.7 cm³/mol. The maximum absolute atomic E-state index is 12.0. The van der Waals surface area contributed by atoms with Crippen molar-refractivity contribution in [1.82, 2.24) is 0 Å². The van der Waals surface area contributed by atoms with Crippen LogP contribution in [0.3, 0.4) is 0 Å². The summed E-state index contributed by atoms with van der Waals surface area (Å²) in [6.45, 7) is -0.500. The summed E-state index contributed by atoms with van der Waals surface area (Å²) in [6, 6.07) is 7.56. The van der Waals surface area contributed by atoms with Crippen LogP contribution in [-0.4, -0.2) is 44.6 Å². The van der Waals surface area contributed by atoms with E-state index in [4.69, 9.17) is 4.74 Å². The SMILES string of the molecule is COC(=O)c1cc(NC(=O)COC(=O)Cc2cccs2)cc(C(=O)OC)c1. The number of anilines is 1. The Morgan fingerprint density at radius 1 is 1.00 bits per heavy atom. The van der Waals surface area contributed by atoms with E-state index in [1.54, 1.807) is 6.07 Å². The van der Waals surface area contributed by atoms with Crippen LogP contribution in [0.1, 0.15) is 25.6 Å². The van der Waals surface area contributed by atoms with Crippen molar-refractivity contribution in [3.8, 4) is 0 Å². The second kappa shape index (κ2) is 9.48. The van der Waals surface area contributed by atoms with Crippen LogP contribution in [0.25, 0.3) is 0 Å². The molecule has 0 aliphatic rings. The third kappa shape index (κ3) is 5.93. The molecule has 0 atom stereocenters. The van der Waals surface area contributed by atoms with Gasteiger partial charge < -0.3 is 19.5 Å². The topological polar surface area (TPSA) is 108 Å². The van der Waals surface area contributed by atoms with Crippen LogP contribution in [0.15, 0.2) is 35.7 Å². The molecular weight excluding hydrogens is 374 g/mol. The number of carbonyl (C=O) groups excluding carboxylic acids is 4. The van der Waals surface area contributed by atoms with Crippen molar-refractivity contribution in [3.05, 3.63) is 51.7 Å². The first-order valence-electron chi connectivity index (χ1n) is 7.72. The molecular formula is C18H17NO7S. The lowest BCUT2D eigenvalue weighted by atomic mass is 10.1. The van der Waals surface area contributed by atoms with Crippen molar-refractivity contribution in [1.29, 1.82) is 0 Å². The van der Waals surface area contributed by atoms with E-state index in [2.05, 4.69) is 14.8 Å². The molecule has 0 fully saturated rings. The summed E-state index contributed by atoms with van der Waals surface area (Å²) in [6.07, 6.45) is 0.0786. The summed E-state index contributed by atoms with van der Waals surface area (Å²) in [5.41, 5.74) is 0.286. The highest BCUT2D eigenvalue weighted by Crippen LogP contribution is 2.17. The minimum absolute atomic E-state index is 0.0605. The fourth-order valence-corrected chi connectivity index (χ4v) is 2.81. The molecule has 1 heterocycles. The van der Waals surface area contributed by atoms with Gasteiger partial charge in [0.2, 0.25) is 0 Å². The molecule has 0 saturated heterocycles. The number of nitrogens with one attached hydrogen (secondary N) is 1. The summed E-state index contributed by atoms with van der Waals surface area (Å²) in [7, 11) is 2.39. The minimum Gasteiger partial charge on any atom is -0.465 e. The molecule has 9 heteroatoms. The number of rotatable bonds is 7. The molecule has 0 aliphatic carbocycles. The third-order valence-corrected chi connectivity index (χ3v) is 4.20. The highest BCUT2D eigenvalue weighted by Gasteiger charge is 2.16. The van der Waals surface area contributed by atoms with E-state index in [9.17, 15) is 19.2 Å². The van der Waals surface area contributed by atoms with Crippen molar-refractivity contribution in [2.45, 2.75) is 6.42 Å². The summed E-state index contributed by atoms with van der Waals surface area (Å²) >= 11 is 1.41. The Hall–Kier alpha value is -3.20. The Bertz CT molecular complexity index is 811. The van der Waals surface area contributed by atoms with Crippen molar-refractivity contribution in [3.63, 3.8) is 0 Å². The van der Waals surface area contributed by atoms with Gasteiger partial charge in [-0.2, -0.15) is 0 Å². The summed E-state index contributed by atoms with van der Waals surface area (Å²) in [5, 5.41) is 4.30. The van der Waals surface area contributed by atoms with Crippen LogP contribution in [-0.2, 0) is 30.2 Å². The maximum atomic E-state index is 12.0. The molecule has 142 valence electrons. The quantitative estimate of drug-likeness (QED) is 0.568. The molecule has 0 unspecified atom stereocenters. The minimum atomic E-state index is -0.682. The molecule has 0 saturated carbocycles. The number of hydrogen-bond acceptors (Lipinski definition) is 8. The van der Waals surface area contributed by atoms with E-state index < -0.39 is 30.4 Å². The smallest absolute Gasteiger partial charge is 0.337 e. The third-order valence-electron chi connectivity index (χ3n) is 3.32. The van der Waals surface area contributed by atoms with E-state index in [1.165, 1.54) is 43.8 Å². The van der Waals surface area contributed by atoms with Gasteiger partial charge >= 0.3 is 17.9 Å². The number of amides is 1. The maximum Gasteiger partial charge on any atom is 0.337 e. The number of hydrogen-bond donors (Lipinski definition) is 1. The van der Waals surface area contributed by atoms with Crippen molar-refractivity contribution >= 4 is 40.8 Å². The van der Waals surface area contributed by atoms with E-state index >= 15 is 0 Å². The lowest BCUT2D eigenvalue weighted by molar-refractivity contribution is -0.146. The zero-order chi connectivity index (χ0) is 19.8. The normalized spacial score (nSPS) is 10.0. The Morgan fingerprint density at radius 3 is 2.15 bits per heavy atom. The van der Waals surface area contributed by atoms with Crippen molar-refractivity contribution < 1.29 is 33.4 Å². The zero-order valence-electron chi connectivity index (χ0n) is 14.6. The van der Waals surface area contributed by atoms with Crippen molar-refractivity contribution in [2.24, 2.45) is 0 Å². The Labute approximate surface area is 159 Å². The second-order valence-corrected chi connectivity index (χ2v) is 6.28. The molecule has 0 spiro atoms. The molecule has 27 heavy (non-hydrogen) atoms. The van der Waals surface area contributed by atoms with Gasteiger partial charge in [-0.3, -0.25) is 9.59 Å². The standard InChI is InChI=1S/C18H17NO7S/c1-24-17(22)11-6-12(18(23)25-2)8-13(7-11)19-15(20)10-26-16(21)9-14-4-3-5-27-14/h3-8H,9-10H2,1-2H3,(H,19,20). The van der Waals surface area contributed by atoms with Crippen LogP contribution in [0.4, 0.5) is 5.69 Å². The van der Waals surface area contributed by atoms with E-state index in [0.717, 1.165) is 4.88 Å². The van der Waals surface area contributed by atoms with Gasteiger partial charge in [-0.05, 0) is 29.6 Å². The van der Waals surface area contributed by atoms with Gasteiger partial charge in [0.15, 0.2) is 6.61 Å². The van der Waals surface area contributed by atoms with Gasteiger partial charge in [0, 0.05) is 10.6 Å². The van der Waals surface area contributed by atoms with Crippen molar-refractivity contribution in [2.75, 3.05) is 26.1 Å². The monoisotopic (exact) mass is 391 g/mol. The molecule has 2 aromatic rings. The van der Waals surface area contributed by atoms with Gasteiger partial charge in [-0.25, -0.2) is 9.59 Å². The van der Waals surface area contributed by atoms with Gasteiger partial charge in [0.05, 0.1) is 31.8 Å². The predicted octanol–water partition coefficient (Wildman–Crippen LogP) is 2.05. The van der Waals surface area contributed by atoms with Crippen LogP contribution >= 0.6 is 11.3 Å². The molecule has 1 N–H and O–H groups in total. The second-order valence-electron chi connectivity index (χ2n) is 5.25. The molecule has 1 amide bonds. The molecule has 2 rings (SSSR count). The van der Waals surface area contributed by atoms with Gasteiger partial charge in [0.25, 0.3) is 5.91 Å². The highest BCUT2D eigenvalue weighted by molar-refractivity contribution is 7.10. The lowest BCUT2D eigenvalue weighted by Crippen LogP contribution is -2.22. The number of ether oxygens (including phenoxy) is 3. The van der Waals surface area contributed by atoms with Crippen LogP contribution in [0.2, 0.25) is 0 Å². The highest BCUT2D eigenvalue weighted by atomic mass is 32.1. The zero-order valence-corrected chi connectivity index (χ0v) is 15.5. The molecule has 8 nitrogen and oxygen atoms in total. The first kappa shape index (κ1) is 20.1. The van der Waals surface area contributed by atoms with E-state index in [1.807, 2.05) is 11.4 Å². The van der Waals surface area contributed by atoms with E-state index in [-0.39, 0.29) is 23.2 Å². The summed E-state index contributed by atoms with van der Waals surface area (Å²) < 4.78 is 14.2. The van der Waals surface area contributed by atoms with Crippen LogP contribution in [0.5, 0.6) is 0 Å². The molecule has 1 aromatic carbocycles. The van der Waals surface area contributed by atoms with Gasteiger partial charge in [-0.15, -0.1) is 11.3 Å². The summed E-state index contributed by atoms with van der Waals surface area (Å²) in [4.78, 5) is 48.0.